The molecule has 7 aliphatic rings. The normalized spacial score (nSPS) is 38.6. The number of fused-ring (bicyclic) bond motifs is 6. The highest BCUT2D eigenvalue weighted by atomic mass is 19.3. The van der Waals surface area contributed by atoms with Gasteiger partial charge in [0.1, 0.15) is 11.5 Å². The fraction of sp³-hybridized carbons (Fsp3) is 0.617. The second-order valence-corrected chi connectivity index (χ2v) is 19.1. The Labute approximate surface area is 360 Å². The van der Waals surface area contributed by atoms with Gasteiger partial charge in [0.2, 0.25) is 5.92 Å². The molecule has 2 aromatic rings. The number of hydrogen-bond acceptors (Lipinski definition) is 12. The fourth-order valence-electron chi connectivity index (χ4n) is 14.0. The maximum Gasteiger partial charge on any atom is 0.337 e. The number of piperidine rings is 1. The number of carbonyl (C=O) groups excluding carboxylic acids is 4. The number of methoxy groups -OCH3 is 3. The van der Waals surface area contributed by atoms with E-state index < -0.39 is 75.8 Å². The number of esters is 3. The van der Waals surface area contributed by atoms with Gasteiger partial charge in [-0.05, 0) is 86.9 Å². The minimum Gasteiger partial charge on any atom is -0.468 e. The number of aromatic nitrogens is 1. The van der Waals surface area contributed by atoms with Crippen LogP contribution in [0, 0.1) is 28.6 Å². The number of aliphatic hydroxyl groups is 1. The van der Waals surface area contributed by atoms with Crippen LogP contribution in [0.5, 0.6) is 0 Å². The number of carbonyl (C=O) groups is 4. The highest BCUT2D eigenvalue weighted by Crippen LogP contribution is 2.70. The molecule has 5 aliphatic heterocycles. The predicted molar refractivity (Wildman–Crippen MR) is 223 cm³/mol. The van der Waals surface area contributed by atoms with Crippen LogP contribution in [0.2, 0.25) is 0 Å². The van der Waals surface area contributed by atoms with Gasteiger partial charge in [-0.2, -0.15) is 0 Å². The largest absolute Gasteiger partial charge is 0.468 e. The molecule has 6 heterocycles. The third-order valence-corrected chi connectivity index (χ3v) is 16.2. The Morgan fingerprint density at radius 1 is 1.08 bits per heavy atom. The minimum atomic E-state index is -2.97. The van der Waals surface area contributed by atoms with E-state index in [0.717, 1.165) is 23.8 Å². The van der Waals surface area contributed by atoms with Gasteiger partial charge in [0.15, 0.2) is 11.9 Å². The summed E-state index contributed by atoms with van der Waals surface area (Å²) in [6.45, 7) is 6.64. The Morgan fingerprint density at radius 2 is 1.85 bits per heavy atom. The van der Waals surface area contributed by atoms with E-state index in [9.17, 15) is 19.5 Å². The smallest absolute Gasteiger partial charge is 0.337 e. The first-order valence-corrected chi connectivity index (χ1v) is 21.9. The van der Waals surface area contributed by atoms with E-state index in [-0.39, 0.29) is 31.3 Å². The summed E-state index contributed by atoms with van der Waals surface area (Å²) in [6, 6.07) is 4.03. The van der Waals surface area contributed by atoms with Crippen molar-refractivity contribution in [3.8, 4) is 0 Å². The van der Waals surface area contributed by atoms with Crippen LogP contribution in [0.25, 0.3) is 10.9 Å². The number of likely N-dealkylation sites (N-methyl/N-ethyl adjacent to an activating group) is 1. The quantitative estimate of drug-likeness (QED) is 0.166. The summed E-state index contributed by atoms with van der Waals surface area (Å²) in [7, 11) is 6.08. The average Bonchev–Trinajstić information content (AvgIpc) is 3.92. The number of nitrogens with one attached hydrogen (secondary N) is 1. The van der Waals surface area contributed by atoms with Crippen molar-refractivity contribution < 1.29 is 52.0 Å². The first kappa shape index (κ1) is 42.8. The van der Waals surface area contributed by atoms with Gasteiger partial charge in [-0.3, -0.25) is 19.3 Å². The zero-order valence-electron chi connectivity index (χ0n) is 36.5. The molecule has 1 aromatic heterocycles. The van der Waals surface area contributed by atoms with Gasteiger partial charge in [0.05, 0.1) is 31.9 Å². The lowest BCUT2D eigenvalue weighted by molar-refractivity contribution is -0.226. The van der Waals surface area contributed by atoms with Crippen molar-refractivity contribution in [3.63, 3.8) is 0 Å². The number of halogens is 2. The molecule has 4 fully saturated rings. The number of rotatable bonds is 8. The maximum absolute atomic E-state index is 15.4. The summed E-state index contributed by atoms with van der Waals surface area (Å²) < 4.78 is 54.3. The summed E-state index contributed by atoms with van der Waals surface area (Å²) in [4.78, 5) is 64.9. The van der Waals surface area contributed by atoms with Crippen molar-refractivity contribution >= 4 is 35.1 Å². The molecule has 1 aromatic carbocycles. The Kier molecular flexibility index (Phi) is 10.2. The van der Waals surface area contributed by atoms with Gasteiger partial charge in [0, 0.05) is 98.3 Å². The second-order valence-electron chi connectivity index (χ2n) is 19.1. The van der Waals surface area contributed by atoms with Gasteiger partial charge in [-0.15, -0.1) is 0 Å². The molecule has 334 valence electrons. The number of nitrogens with zero attached hydrogens (tertiary/aromatic N) is 3. The molecule has 2 N–H and O–H groups in total. The van der Waals surface area contributed by atoms with Crippen LogP contribution in [0.15, 0.2) is 53.8 Å². The third-order valence-electron chi connectivity index (χ3n) is 16.2. The van der Waals surface area contributed by atoms with E-state index in [4.69, 9.17) is 18.9 Å². The number of aromatic amines is 1. The Balaban J connectivity index is 1.32. The molecule has 0 radical (unpaired) electrons. The first-order chi connectivity index (χ1) is 29.5. The molecule has 1 saturated carbocycles. The van der Waals surface area contributed by atoms with Crippen molar-refractivity contribution in [1.82, 2.24) is 19.7 Å². The van der Waals surface area contributed by atoms with Crippen LogP contribution in [-0.2, 0) is 45.2 Å². The predicted octanol–water partition coefficient (Wildman–Crippen LogP) is 4.58. The number of alkyl halides is 2. The van der Waals surface area contributed by atoms with Gasteiger partial charge in [-0.25, -0.2) is 13.6 Å². The highest BCUT2D eigenvalue weighted by molar-refractivity contribution is 5.97. The molecule has 4 unspecified atom stereocenters. The topological polar surface area (TPSA) is 151 Å². The lowest BCUT2D eigenvalue weighted by Gasteiger charge is -2.63. The molecule has 9 rings (SSSR count). The third kappa shape index (κ3) is 5.75. The zero-order valence-corrected chi connectivity index (χ0v) is 36.5. The molecule has 62 heavy (non-hydrogen) atoms. The minimum absolute atomic E-state index is 0.139. The summed E-state index contributed by atoms with van der Waals surface area (Å²) in [5, 5.41) is 13.7. The van der Waals surface area contributed by atoms with Gasteiger partial charge < -0.3 is 38.8 Å². The lowest BCUT2D eigenvalue weighted by Crippen LogP contribution is -2.78. The van der Waals surface area contributed by atoms with Gasteiger partial charge in [-0.1, -0.05) is 25.2 Å². The fourth-order valence-corrected chi connectivity index (χ4v) is 14.0. The molecule has 1 spiro atoms. The molecule has 2 aliphatic carbocycles. The number of allylic oxidation sites excluding steroid dienone is 1. The molecular formula is C47H58F2N4O9. The number of benzene rings is 1. The van der Waals surface area contributed by atoms with Crippen LogP contribution in [0.4, 0.5) is 8.78 Å². The Bertz CT molecular complexity index is 2300. The van der Waals surface area contributed by atoms with Crippen LogP contribution in [0.3, 0.4) is 0 Å². The van der Waals surface area contributed by atoms with E-state index >= 15 is 13.6 Å². The second kappa shape index (κ2) is 14.8. The van der Waals surface area contributed by atoms with Crippen LogP contribution < -0.4 is 0 Å². The van der Waals surface area contributed by atoms with Gasteiger partial charge in [0.25, 0.3) is 0 Å². The zero-order chi connectivity index (χ0) is 44.3. The van der Waals surface area contributed by atoms with E-state index in [2.05, 4.69) is 20.9 Å². The number of hydrogen-bond donors (Lipinski definition) is 2. The number of H-pyrrole nitrogens is 1. The summed E-state index contributed by atoms with van der Waals surface area (Å²) >= 11 is 0. The molecule has 12 atom stereocenters. The summed E-state index contributed by atoms with van der Waals surface area (Å²) in [5.74, 6) is -6.75. The van der Waals surface area contributed by atoms with E-state index in [1.807, 2.05) is 37.1 Å². The van der Waals surface area contributed by atoms with Gasteiger partial charge >= 0.3 is 17.9 Å². The van der Waals surface area contributed by atoms with E-state index in [0.29, 0.717) is 73.9 Å². The first-order valence-electron chi connectivity index (χ1n) is 21.9. The monoisotopic (exact) mass is 860 g/mol. The van der Waals surface area contributed by atoms with E-state index in [1.165, 1.54) is 21.1 Å². The standard InChI is InChI=1S/C47H58F2N4O9/c1-8-44-13-9-15-53-17-14-45(39(44)53)32-20-33(36(59-5)21-35(32)51(4)40(45)47(58,25-54)41(44)62-26(2)55)46(42(57)61-7)22-27-18-29(43(3,48)49)24-52(23-27)16-12-30-31-19-28(38(56)60-6)10-11-34(31)50-37(30)46/h9-11,13,19-21,25,27,29,33,36,39-41,50,58H,8,12,14-18,22-24H2,1-7H3/t27-,29?,33?,36?,39+,40-,41-,44-,45-,46+,47+/m1/s1. The van der Waals surface area contributed by atoms with Crippen molar-refractivity contribution in [1.29, 1.82) is 0 Å². The molecule has 2 bridgehead atoms. The van der Waals surface area contributed by atoms with Crippen molar-refractivity contribution in [2.45, 2.75) is 94.1 Å². The highest BCUT2D eigenvalue weighted by Gasteiger charge is 2.79. The number of likely N-dealkylation sites (tertiary alicyclic amines) is 1. The van der Waals surface area contributed by atoms with Crippen molar-refractivity contribution in [2.75, 3.05) is 61.1 Å². The van der Waals surface area contributed by atoms with Crippen LogP contribution >= 0.6 is 0 Å². The Hall–Kier alpha value is -4.44. The number of ether oxygens (including phenoxy) is 4. The molecular weight excluding hydrogens is 803 g/mol. The molecule has 3 saturated heterocycles. The maximum atomic E-state index is 15.4. The van der Waals surface area contributed by atoms with Crippen molar-refractivity contribution in [2.24, 2.45) is 28.6 Å². The lowest BCUT2D eigenvalue weighted by atomic mass is 9.47. The molecule has 0 amide bonds. The van der Waals surface area contributed by atoms with Crippen LogP contribution in [-0.4, -0.2) is 146 Å². The SMILES string of the molecule is CC[C@]12C=CCN3CC[C@@]4(C5=CC([C@@]6(C(=O)OC)C[C@H]7CC(C(C)(F)F)CN(CCc8c6[nH]c6ccc(C(=O)OC)cc86)C7)C(OC)C=C5N(C)[C@H]4[C@@](O)(C=O)[C@@H]1OC(C)=O)[C@@H]32. The average molecular weight is 861 g/mol. The Morgan fingerprint density at radius 3 is 2.52 bits per heavy atom. The number of aldehydes is 1. The summed E-state index contributed by atoms with van der Waals surface area (Å²) in [5.41, 5.74) is -1.62. The molecule has 15 heteroatoms. The van der Waals surface area contributed by atoms with E-state index in [1.54, 1.807) is 25.3 Å². The van der Waals surface area contributed by atoms with Crippen LogP contribution in [0.1, 0.15) is 68.1 Å². The molecule has 13 nitrogen and oxygen atoms in total. The van der Waals surface area contributed by atoms with Crippen molar-refractivity contribution in [3.05, 3.63) is 70.6 Å². The summed E-state index contributed by atoms with van der Waals surface area (Å²) in [6.07, 6.45) is 8.42.